The number of rotatable bonds is 4. The number of nitrogens with two attached hydrogens (primary N) is 1. The van der Waals surface area contributed by atoms with Gasteiger partial charge in [-0.2, -0.15) is 0 Å². The second kappa shape index (κ2) is 3.32. The maximum absolute atomic E-state index is 5.59. The Morgan fingerprint density at radius 1 is 1.60 bits per heavy atom. The van der Waals surface area contributed by atoms with Gasteiger partial charge >= 0.3 is 0 Å². The van der Waals surface area contributed by atoms with Crippen LogP contribution in [0.25, 0.3) is 0 Å². The van der Waals surface area contributed by atoms with Gasteiger partial charge in [0.15, 0.2) is 0 Å². The molecule has 1 heterocycles. The van der Waals surface area contributed by atoms with Crippen molar-refractivity contribution in [2.75, 3.05) is 32.8 Å². The van der Waals surface area contributed by atoms with Crippen LogP contribution in [0.5, 0.6) is 0 Å². The summed E-state index contributed by atoms with van der Waals surface area (Å²) < 4.78 is 5.11. The van der Waals surface area contributed by atoms with Gasteiger partial charge in [0.05, 0.1) is 13.2 Å². The summed E-state index contributed by atoms with van der Waals surface area (Å²) in [4.78, 5) is 0. The van der Waals surface area contributed by atoms with Crippen molar-refractivity contribution in [3.8, 4) is 0 Å². The van der Waals surface area contributed by atoms with Crippen molar-refractivity contribution in [3.05, 3.63) is 0 Å². The molecule has 0 aromatic heterocycles. The largest absolute Gasteiger partial charge is 0.380 e. The van der Waals surface area contributed by atoms with E-state index in [9.17, 15) is 0 Å². The number of hydrogen-bond acceptors (Lipinski definition) is 3. The van der Waals surface area contributed by atoms with Crippen molar-refractivity contribution in [1.29, 1.82) is 0 Å². The third-order valence-electron chi connectivity index (χ3n) is 2.00. The Morgan fingerprint density at radius 2 is 2.30 bits per heavy atom. The van der Waals surface area contributed by atoms with Crippen LogP contribution in [0.2, 0.25) is 0 Å². The molecule has 10 heavy (non-hydrogen) atoms. The molecular weight excluding hydrogens is 128 g/mol. The summed E-state index contributed by atoms with van der Waals surface area (Å²) in [5.41, 5.74) is 5.85. The van der Waals surface area contributed by atoms with E-state index in [4.69, 9.17) is 10.5 Å². The maximum atomic E-state index is 5.59. The van der Waals surface area contributed by atoms with Gasteiger partial charge in [-0.15, -0.1) is 0 Å². The lowest BCUT2D eigenvalue weighted by molar-refractivity contribution is -0.104. The predicted octanol–water partition coefficient (Wildman–Crippen LogP) is -0.429. The molecule has 1 aliphatic rings. The summed E-state index contributed by atoms with van der Waals surface area (Å²) in [6.45, 7) is 6.51. The van der Waals surface area contributed by atoms with E-state index in [0.29, 0.717) is 0 Å². The Labute approximate surface area is 61.9 Å². The van der Waals surface area contributed by atoms with Crippen molar-refractivity contribution in [2.45, 2.75) is 6.92 Å². The van der Waals surface area contributed by atoms with Crippen molar-refractivity contribution in [2.24, 2.45) is 11.1 Å². The summed E-state index contributed by atoms with van der Waals surface area (Å²) in [6, 6.07) is 0. The Morgan fingerprint density at radius 3 is 2.60 bits per heavy atom. The van der Waals surface area contributed by atoms with Crippen LogP contribution in [0.4, 0.5) is 0 Å². The quantitative estimate of drug-likeness (QED) is 0.563. The van der Waals surface area contributed by atoms with E-state index in [-0.39, 0.29) is 5.41 Å². The smallest absolute Gasteiger partial charge is 0.0569 e. The monoisotopic (exact) mass is 144 g/mol. The zero-order valence-electron chi connectivity index (χ0n) is 6.52. The van der Waals surface area contributed by atoms with Crippen LogP contribution in [0.3, 0.4) is 0 Å². The average molecular weight is 144 g/mol. The lowest BCUT2D eigenvalue weighted by Gasteiger charge is -2.40. The standard InChI is InChI=1S/C7H16N2O/c1-2-9-4-7(3-8)5-10-6-7/h9H,2-6,8H2,1H3. The van der Waals surface area contributed by atoms with Gasteiger partial charge in [0.2, 0.25) is 0 Å². The fourth-order valence-corrected chi connectivity index (χ4v) is 1.07. The predicted molar refractivity (Wildman–Crippen MR) is 40.9 cm³/mol. The molecule has 0 radical (unpaired) electrons. The minimum atomic E-state index is 0.260. The number of nitrogens with one attached hydrogen (secondary N) is 1. The normalized spacial score (nSPS) is 22.2. The van der Waals surface area contributed by atoms with E-state index in [0.717, 1.165) is 32.8 Å². The van der Waals surface area contributed by atoms with E-state index >= 15 is 0 Å². The molecule has 60 valence electrons. The van der Waals surface area contributed by atoms with Crippen molar-refractivity contribution < 1.29 is 4.74 Å². The first-order valence-electron chi connectivity index (χ1n) is 3.81. The molecule has 0 saturated carbocycles. The fraction of sp³-hybridized carbons (Fsp3) is 1.00. The van der Waals surface area contributed by atoms with Crippen LogP contribution in [0, 0.1) is 5.41 Å². The summed E-state index contributed by atoms with van der Waals surface area (Å²) in [5, 5.41) is 3.28. The van der Waals surface area contributed by atoms with E-state index in [1.807, 2.05) is 0 Å². The summed E-state index contributed by atoms with van der Waals surface area (Å²) in [6.07, 6.45) is 0. The van der Waals surface area contributed by atoms with Gasteiger partial charge in [0.1, 0.15) is 0 Å². The molecule has 0 spiro atoms. The lowest BCUT2D eigenvalue weighted by Crippen LogP contribution is -2.54. The molecule has 1 rings (SSSR count). The van der Waals surface area contributed by atoms with Crippen LogP contribution < -0.4 is 11.1 Å². The van der Waals surface area contributed by atoms with Crippen LogP contribution in [0.1, 0.15) is 6.92 Å². The fourth-order valence-electron chi connectivity index (χ4n) is 1.07. The molecule has 0 atom stereocenters. The van der Waals surface area contributed by atoms with E-state index in [1.54, 1.807) is 0 Å². The second-order valence-corrected chi connectivity index (χ2v) is 2.98. The highest BCUT2D eigenvalue weighted by molar-refractivity contribution is 4.88. The SMILES string of the molecule is CCNCC1(CN)COC1. The highest BCUT2D eigenvalue weighted by atomic mass is 16.5. The molecule has 0 aliphatic carbocycles. The molecule has 3 nitrogen and oxygen atoms in total. The second-order valence-electron chi connectivity index (χ2n) is 2.98. The van der Waals surface area contributed by atoms with Crippen molar-refractivity contribution in [3.63, 3.8) is 0 Å². The van der Waals surface area contributed by atoms with Crippen LogP contribution >= 0.6 is 0 Å². The topological polar surface area (TPSA) is 47.3 Å². The van der Waals surface area contributed by atoms with E-state index in [1.165, 1.54) is 0 Å². The average Bonchev–Trinajstić information content (AvgIpc) is 1.87. The first-order chi connectivity index (χ1) is 4.83. The third-order valence-corrected chi connectivity index (χ3v) is 2.00. The Bertz CT molecular complexity index is 96.3. The van der Waals surface area contributed by atoms with Crippen LogP contribution in [0.15, 0.2) is 0 Å². The summed E-state index contributed by atoms with van der Waals surface area (Å²) >= 11 is 0. The van der Waals surface area contributed by atoms with Crippen molar-refractivity contribution >= 4 is 0 Å². The van der Waals surface area contributed by atoms with Gasteiger partial charge in [-0.25, -0.2) is 0 Å². The summed E-state index contributed by atoms with van der Waals surface area (Å²) in [5.74, 6) is 0. The Kier molecular flexibility index (Phi) is 2.65. The highest BCUT2D eigenvalue weighted by Crippen LogP contribution is 2.24. The Balaban J connectivity index is 2.20. The lowest BCUT2D eigenvalue weighted by atomic mass is 9.86. The van der Waals surface area contributed by atoms with Gasteiger partial charge in [-0.3, -0.25) is 0 Å². The summed E-state index contributed by atoms with van der Waals surface area (Å²) in [7, 11) is 0. The van der Waals surface area contributed by atoms with Crippen LogP contribution in [-0.4, -0.2) is 32.8 Å². The van der Waals surface area contributed by atoms with E-state index < -0.39 is 0 Å². The highest BCUT2D eigenvalue weighted by Gasteiger charge is 2.36. The van der Waals surface area contributed by atoms with Crippen LogP contribution in [-0.2, 0) is 4.74 Å². The van der Waals surface area contributed by atoms with Gasteiger partial charge in [0, 0.05) is 18.5 Å². The minimum absolute atomic E-state index is 0.260. The molecule has 3 N–H and O–H groups in total. The molecule has 1 saturated heterocycles. The van der Waals surface area contributed by atoms with Gasteiger partial charge < -0.3 is 15.8 Å². The zero-order chi connectivity index (χ0) is 7.45. The molecule has 0 aromatic rings. The van der Waals surface area contributed by atoms with Gasteiger partial charge in [0.25, 0.3) is 0 Å². The number of ether oxygens (including phenoxy) is 1. The van der Waals surface area contributed by atoms with Crippen molar-refractivity contribution in [1.82, 2.24) is 5.32 Å². The molecule has 3 heteroatoms. The molecule has 1 fully saturated rings. The first kappa shape index (κ1) is 7.98. The van der Waals surface area contributed by atoms with Gasteiger partial charge in [-0.05, 0) is 6.54 Å². The first-order valence-corrected chi connectivity index (χ1v) is 3.81. The molecule has 0 bridgehead atoms. The zero-order valence-corrected chi connectivity index (χ0v) is 6.52. The van der Waals surface area contributed by atoms with Gasteiger partial charge in [-0.1, -0.05) is 6.92 Å². The van der Waals surface area contributed by atoms with E-state index in [2.05, 4.69) is 12.2 Å². The molecule has 0 amide bonds. The minimum Gasteiger partial charge on any atom is -0.380 e. The third kappa shape index (κ3) is 1.48. The molecule has 1 aliphatic heterocycles. The molecule has 0 aromatic carbocycles. The molecular formula is C7H16N2O. The molecule has 0 unspecified atom stereocenters. The Hall–Kier alpha value is -0.120. The number of hydrogen-bond donors (Lipinski definition) is 2. The maximum Gasteiger partial charge on any atom is 0.0569 e.